The summed E-state index contributed by atoms with van der Waals surface area (Å²) in [5, 5.41) is 3.82. The molecule has 2 heterocycles. The lowest BCUT2D eigenvalue weighted by molar-refractivity contribution is 0.0936. The number of thiazole rings is 1. The molecule has 27 heavy (non-hydrogen) atoms. The Morgan fingerprint density at radius 3 is 2.85 bits per heavy atom. The number of fused-ring (bicyclic) bond motifs is 1. The van der Waals surface area contributed by atoms with Gasteiger partial charge in [0.05, 0.1) is 11.7 Å². The van der Waals surface area contributed by atoms with E-state index in [2.05, 4.69) is 20.3 Å². The molecular weight excluding hydrogens is 382 g/mol. The summed E-state index contributed by atoms with van der Waals surface area (Å²) in [5.74, 6) is 0.440. The molecule has 4 rings (SSSR count). The van der Waals surface area contributed by atoms with Crippen molar-refractivity contribution in [2.24, 2.45) is 0 Å². The molecule has 6 nitrogen and oxygen atoms in total. The predicted molar refractivity (Wildman–Crippen MR) is 109 cm³/mol. The Kier molecular flexibility index (Phi) is 5.72. The smallest absolute Gasteiger partial charge is 0.263 e. The van der Waals surface area contributed by atoms with Crippen molar-refractivity contribution in [3.05, 3.63) is 58.4 Å². The van der Waals surface area contributed by atoms with Crippen molar-refractivity contribution in [1.82, 2.24) is 20.3 Å². The number of amides is 1. The van der Waals surface area contributed by atoms with Crippen LogP contribution in [-0.2, 0) is 6.42 Å². The minimum absolute atomic E-state index is 0. The Morgan fingerprint density at radius 1 is 1.30 bits per heavy atom. The molecule has 1 unspecified atom stereocenters. The minimum Gasteiger partial charge on any atom is -0.399 e. The van der Waals surface area contributed by atoms with Gasteiger partial charge in [0, 0.05) is 18.1 Å². The Bertz CT molecular complexity index is 960. The first-order valence-corrected chi connectivity index (χ1v) is 9.37. The molecule has 3 aromatic rings. The Balaban J connectivity index is 0.00000210. The Morgan fingerprint density at radius 2 is 2.07 bits per heavy atom. The fraction of sp³-hybridized carbons (Fsp3) is 0.263. The van der Waals surface area contributed by atoms with Gasteiger partial charge < -0.3 is 11.1 Å². The molecule has 0 saturated heterocycles. The maximum Gasteiger partial charge on any atom is 0.263 e. The number of rotatable bonds is 3. The van der Waals surface area contributed by atoms with Crippen LogP contribution < -0.4 is 11.1 Å². The van der Waals surface area contributed by atoms with Gasteiger partial charge in [-0.1, -0.05) is 6.07 Å². The SMILES string of the molecule is Cc1nc(-c2ncccn2)sc1C(=O)NC1CCCc2cc(N)ccc21.Cl. The molecule has 1 aliphatic carbocycles. The number of nitrogens with two attached hydrogens (primary N) is 1. The first-order chi connectivity index (χ1) is 12.6. The van der Waals surface area contributed by atoms with E-state index in [1.54, 1.807) is 18.5 Å². The molecule has 140 valence electrons. The highest BCUT2D eigenvalue weighted by Crippen LogP contribution is 2.32. The third-order valence-electron chi connectivity index (χ3n) is 4.55. The van der Waals surface area contributed by atoms with Crippen molar-refractivity contribution in [3.63, 3.8) is 0 Å². The van der Waals surface area contributed by atoms with E-state index in [4.69, 9.17) is 5.73 Å². The molecule has 0 bridgehead atoms. The van der Waals surface area contributed by atoms with Crippen molar-refractivity contribution < 1.29 is 4.79 Å². The number of carbonyl (C=O) groups excluding carboxylic acids is 1. The molecule has 1 aliphatic rings. The largest absolute Gasteiger partial charge is 0.399 e. The van der Waals surface area contributed by atoms with Crippen LogP contribution in [0.1, 0.15) is 45.4 Å². The maximum atomic E-state index is 12.8. The number of nitrogens with one attached hydrogen (secondary N) is 1. The minimum atomic E-state index is -0.100. The van der Waals surface area contributed by atoms with Crippen LogP contribution in [0.15, 0.2) is 36.7 Å². The topological polar surface area (TPSA) is 93.8 Å². The molecule has 1 amide bonds. The van der Waals surface area contributed by atoms with E-state index in [9.17, 15) is 4.79 Å². The second-order valence-electron chi connectivity index (χ2n) is 6.38. The van der Waals surface area contributed by atoms with Crippen LogP contribution in [0.25, 0.3) is 10.8 Å². The summed E-state index contributed by atoms with van der Waals surface area (Å²) >= 11 is 1.32. The zero-order chi connectivity index (χ0) is 18.1. The third-order valence-corrected chi connectivity index (χ3v) is 5.70. The summed E-state index contributed by atoms with van der Waals surface area (Å²) in [5.41, 5.74) is 9.74. The average Bonchev–Trinajstić information content (AvgIpc) is 3.04. The van der Waals surface area contributed by atoms with Crippen molar-refractivity contribution in [2.45, 2.75) is 32.2 Å². The lowest BCUT2D eigenvalue weighted by atomic mass is 9.87. The van der Waals surface area contributed by atoms with Crippen molar-refractivity contribution in [1.29, 1.82) is 0 Å². The van der Waals surface area contributed by atoms with E-state index in [-0.39, 0.29) is 24.4 Å². The van der Waals surface area contributed by atoms with Gasteiger partial charge in [-0.05, 0) is 55.5 Å². The van der Waals surface area contributed by atoms with Gasteiger partial charge in [0.1, 0.15) is 4.88 Å². The lowest BCUT2D eigenvalue weighted by Crippen LogP contribution is -2.30. The molecule has 1 aromatic carbocycles. The fourth-order valence-corrected chi connectivity index (χ4v) is 4.24. The van der Waals surface area contributed by atoms with E-state index >= 15 is 0 Å². The molecule has 2 aromatic heterocycles. The van der Waals surface area contributed by atoms with Gasteiger partial charge in [-0.15, -0.1) is 23.7 Å². The molecule has 8 heteroatoms. The van der Waals surface area contributed by atoms with Crippen LogP contribution in [0.2, 0.25) is 0 Å². The summed E-state index contributed by atoms with van der Waals surface area (Å²) in [6.07, 6.45) is 6.30. The standard InChI is InChI=1S/C19H19N5OS.ClH/c1-11-16(26-19(23-11)17-21-8-3-9-22-17)18(25)24-15-5-2-4-12-10-13(20)6-7-14(12)15;/h3,6-10,15H,2,4-5,20H2,1H3,(H,24,25);1H. The van der Waals surface area contributed by atoms with Gasteiger partial charge in [-0.25, -0.2) is 15.0 Å². The number of carbonyl (C=O) groups is 1. The second kappa shape index (κ2) is 8.02. The number of aryl methyl sites for hydroxylation is 2. The summed E-state index contributed by atoms with van der Waals surface area (Å²) in [7, 11) is 0. The Labute approximate surface area is 167 Å². The molecule has 0 aliphatic heterocycles. The molecule has 0 spiro atoms. The zero-order valence-electron chi connectivity index (χ0n) is 14.8. The number of nitrogen functional groups attached to an aromatic ring is 1. The third kappa shape index (κ3) is 3.94. The highest BCUT2D eigenvalue weighted by Gasteiger charge is 2.24. The number of halogens is 1. The summed E-state index contributed by atoms with van der Waals surface area (Å²) < 4.78 is 0. The van der Waals surface area contributed by atoms with Gasteiger partial charge in [0.25, 0.3) is 5.91 Å². The highest BCUT2D eigenvalue weighted by molar-refractivity contribution is 7.17. The first-order valence-electron chi connectivity index (χ1n) is 8.56. The van der Waals surface area contributed by atoms with Gasteiger partial charge in [-0.2, -0.15) is 0 Å². The number of benzene rings is 1. The van der Waals surface area contributed by atoms with E-state index < -0.39 is 0 Å². The summed E-state index contributed by atoms with van der Waals surface area (Å²) in [4.78, 5) is 26.3. The first kappa shape index (κ1) is 19.3. The van der Waals surface area contributed by atoms with E-state index in [1.165, 1.54) is 16.9 Å². The quantitative estimate of drug-likeness (QED) is 0.652. The molecule has 3 N–H and O–H groups in total. The molecule has 0 radical (unpaired) electrons. The zero-order valence-corrected chi connectivity index (χ0v) is 16.4. The van der Waals surface area contributed by atoms with Crippen molar-refractivity contribution in [3.8, 4) is 10.8 Å². The summed E-state index contributed by atoms with van der Waals surface area (Å²) in [6.45, 7) is 1.84. The summed E-state index contributed by atoms with van der Waals surface area (Å²) in [6, 6.07) is 7.69. The Hall–Kier alpha value is -2.51. The normalized spacial score (nSPS) is 15.5. The maximum absolute atomic E-state index is 12.8. The van der Waals surface area contributed by atoms with Crippen LogP contribution in [0.5, 0.6) is 0 Å². The number of aromatic nitrogens is 3. The molecule has 0 fully saturated rings. The van der Waals surface area contributed by atoms with Gasteiger partial charge in [0.15, 0.2) is 10.8 Å². The van der Waals surface area contributed by atoms with E-state index in [0.29, 0.717) is 21.4 Å². The predicted octanol–water partition coefficient (Wildman–Crippen LogP) is 3.72. The van der Waals surface area contributed by atoms with Crippen LogP contribution >= 0.6 is 23.7 Å². The van der Waals surface area contributed by atoms with Gasteiger partial charge in [-0.3, -0.25) is 4.79 Å². The van der Waals surface area contributed by atoms with Crippen LogP contribution in [0.3, 0.4) is 0 Å². The number of anilines is 1. The average molecular weight is 402 g/mol. The van der Waals surface area contributed by atoms with Crippen LogP contribution in [0, 0.1) is 6.92 Å². The van der Waals surface area contributed by atoms with E-state index in [1.807, 2.05) is 25.1 Å². The lowest BCUT2D eigenvalue weighted by Gasteiger charge is -2.26. The molecular formula is C19H20ClN5OS. The molecule has 0 saturated carbocycles. The van der Waals surface area contributed by atoms with Crippen molar-refractivity contribution >= 4 is 35.3 Å². The highest BCUT2D eigenvalue weighted by atomic mass is 35.5. The van der Waals surface area contributed by atoms with Crippen molar-refractivity contribution in [2.75, 3.05) is 5.73 Å². The van der Waals surface area contributed by atoms with Crippen LogP contribution in [-0.4, -0.2) is 20.9 Å². The fourth-order valence-electron chi connectivity index (χ4n) is 3.32. The number of nitrogens with zero attached hydrogens (tertiary/aromatic N) is 3. The van der Waals surface area contributed by atoms with Crippen LogP contribution in [0.4, 0.5) is 5.69 Å². The number of hydrogen-bond acceptors (Lipinski definition) is 6. The number of hydrogen-bond donors (Lipinski definition) is 2. The van der Waals surface area contributed by atoms with Gasteiger partial charge in [0.2, 0.25) is 0 Å². The van der Waals surface area contributed by atoms with Gasteiger partial charge >= 0.3 is 0 Å². The second-order valence-corrected chi connectivity index (χ2v) is 7.38. The monoisotopic (exact) mass is 401 g/mol. The molecule has 1 atom stereocenters. The van der Waals surface area contributed by atoms with E-state index in [0.717, 1.165) is 30.5 Å².